The zero-order valence-electron chi connectivity index (χ0n) is 12.8. The van der Waals surface area contributed by atoms with Crippen LogP contribution in [0.3, 0.4) is 0 Å². The number of amides is 1. The number of ether oxygens (including phenoxy) is 1. The largest absolute Gasteiger partial charge is 0.504 e. The normalized spacial score (nSPS) is 10.4. The number of aromatic hydroxyl groups is 2. The number of carbonyl (C=O) groups excluding carboxylic acids is 2. The maximum absolute atomic E-state index is 11.9. The first-order valence-corrected chi connectivity index (χ1v) is 7.97. The summed E-state index contributed by atoms with van der Waals surface area (Å²) in [5.41, 5.74) is 0.331. The quantitative estimate of drug-likeness (QED) is 0.404. The molecular weight excluding hydrogens is 393 g/mol. The Hall–Kier alpha value is -2.15. The predicted octanol–water partition coefficient (Wildman–Crippen LogP) is 4.16. The van der Waals surface area contributed by atoms with Crippen LogP contribution in [0.5, 0.6) is 11.5 Å². The molecule has 132 valence electrons. The van der Waals surface area contributed by atoms with Crippen molar-refractivity contribution in [3.63, 3.8) is 0 Å². The number of phenols is 2. The third-order valence-corrected chi connectivity index (χ3v) is 4.23. The Kier molecular flexibility index (Phi) is 6.00. The monoisotopic (exact) mass is 403 g/mol. The zero-order chi connectivity index (χ0) is 18.7. The van der Waals surface area contributed by atoms with Gasteiger partial charge in [0, 0.05) is 0 Å². The van der Waals surface area contributed by atoms with Crippen LogP contribution in [0.15, 0.2) is 24.3 Å². The second-order valence-electron chi connectivity index (χ2n) is 5.00. The summed E-state index contributed by atoms with van der Waals surface area (Å²) in [5.74, 6) is -2.69. The third kappa shape index (κ3) is 4.48. The van der Waals surface area contributed by atoms with Crippen LogP contribution >= 0.6 is 34.8 Å². The molecule has 0 atom stereocenters. The Morgan fingerprint density at radius 1 is 1.04 bits per heavy atom. The first-order valence-electron chi connectivity index (χ1n) is 6.83. The van der Waals surface area contributed by atoms with Crippen LogP contribution < -0.4 is 5.32 Å². The van der Waals surface area contributed by atoms with Crippen LogP contribution in [0.2, 0.25) is 15.1 Å². The van der Waals surface area contributed by atoms with Crippen LogP contribution in [-0.2, 0) is 9.53 Å². The van der Waals surface area contributed by atoms with Crippen LogP contribution in [0.1, 0.15) is 15.9 Å². The maximum Gasteiger partial charge on any atom is 0.342 e. The highest BCUT2D eigenvalue weighted by Crippen LogP contribution is 2.33. The smallest absolute Gasteiger partial charge is 0.342 e. The highest BCUT2D eigenvalue weighted by atomic mass is 35.5. The van der Waals surface area contributed by atoms with E-state index in [1.165, 1.54) is 24.3 Å². The highest BCUT2D eigenvalue weighted by molar-refractivity contribution is 6.44. The molecule has 0 fully saturated rings. The summed E-state index contributed by atoms with van der Waals surface area (Å²) < 4.78 is 4.81. The second-order valence-corrected chi connectivity index (χ2v) is 6.22. The summed E-state index contributed by atoms with van der Waals surface area (Å²) in [7, 11) is 0. The molecule has 0 aliphatic heterocycles. The fourth-order valence-corrected chi connectivity index (χ4v) is 2.45. The van der Waals surface area contributed by atoms with Gasteiger partial charge in [0.1, 0.15) is 5.56 Å². The Morgan fingerprint density at radius 3 is 2.36 bits per heavy atom. The zero-order valence-corrected chi connectivity index (χ0v) is 15.0. The lowest BCUT2D eigenvalue weighted by Gasteiger charge is -2.10. The summed E-state index contributed by atoms with van der Waals surface area (Å²) in [6, 6.07) is 5.43. The molecule has 0 bridgehead atoms. The first kappa shape index (κ1) is 19.2. The average molecular weight is 405 g/mol. The topological polar surface area (TPSA) is 95.9 Å². The number of hydrogen-bond donors (Lipinski definition) is 3. The van der Waals surface area contributed by atoms with Gasteiger partial charge in [0.05, 0.1) is 20.8 Å². The van der Waals surface area contributed by atoms with Gasteiger partial charge in [-0.1, -0.05) is 40.9 Å². The molecule has 6 nitrogen and oxygen atoms in total. The van der Waals surface area contributed by atoms with E-state index >= 15 is 0 Å². The number of halogens is 3. The van der Waals surface area contributed by atoms with Gasteiger partial charge in [0.25, 0.3) is 5.91 Å². The van der Waals surface area contributed by atoms with Crippen molar-refractivity contribution in [1.82, 2.24) is 0 Å². The number of hydrogen-bond acceptors (Lipinski definition) is 5. The summed E-state index contributed by atoms with van der Waals surface area (Å²) in [4.78, 5) is 23.8. The van der Waals surface area contributed by atoms with Gasteiger partial charge in [-0.3, -0.25) is 4.79 Å². The van der Waals surface area contributed by atoms with Gasteiger partial charge in [-0.2, -0.15) is 0 Å². The molecule has 1 amide bonds. The molecule has 3 N–H and O–H groups in total. The van der Waals surface area contributed by atoms with Crippen molar-refractivity contribution in [1.29, 1.82) is 0 Å². The molecule has 0 saturated heterocycles. The van der Waals surface area contributed by atoms with E-state index in [1.807, 2.05) is 0 Å². The van der Waals surface area contributed by atoms with Crippen molar-refractivity contribution in [2.45, 2.75) is 6.92 Å². The molecule has 0 aromatic heterocycles. The van der Waals surface area contributed by atoms with Gasteiger partial charge in [0.15, 0.2) is 18.1 Å². The van der Waals surface area contributed by atoms with Crippen LogP contribution in [0, 0.1) is 6.92 Å². The van der Waals surface area contributed by atoms with Gasteiger partial charge in [0.2, 0.25) is 0 Å². The molecule has 9 heteroatoms. The second kappa shape index (κ2) is 7.82. The van der Waals surface area contributed by atoms with Gasteiger partial charge >= 0.3 is 5.97 Å². The molecule has 0 unspecified atom stereocenters. The van der Waals surface area contributed by atoms with E-state index < -0.39 is 30.0 Å². The number of rotatable bonds is 4. The minimum absolute atomic E-state index is 0.162. The highest BCUT2D eigenvalue weighted by Gasteiger charge is 2.18. The van der Waals surface area contributed by atoms with Crippen LogP contribution in [0.25, 0.3) is 0 Å². The van der Waals surface area contributed by atoms with Crippen molar-refractivity contribution < 1.29 is 24.5 Å². The van der Waals surface area contributed by atoms with E-state index in [0.29, 0.717) is 5.56 Å². The van der Waals surface area contributed by atoms with Gasteiger partial charge in [-0.15, -0.1) is 0 Å². The fraction of sp³-hybridized carbons (Fsp3) is 0.125. The minimum atomic E-state index is -0.969. The van der Waals surface area contributed by atoms with E-state index in [4.69, 9.17) is 39.5 Å². The number of nitrogens with one attached hydrogen (secondary N) is 1. The summed E-state index contributed by atoms with van der Waals surface area (Å²) in [6.45, 7) is 0.919. The summed E-state index contributed by atoms with van der Waals surface area (Å²) in [6.07, 6.45) is 0. The maximum atomic E-state index is 11.9. The fourth-order valence-electron chi connectivity index (χ4n) is 1.86. The number of benzene rings is 2. The minimum Gasteiger partial charge on any atom is -0.504 e. The van der Waals surface area contributed by atoms with Gasteiger partial charge < -0.3 is 20.3 Å². The number of aryl methyl sites for hydroxylation is 1. The van der Waals surface area contributed by atoms with Gasteiger partial charge in [-0.25, -0.2) is 4.79 Å². The van der Waals surface area contributed by atoms with Crippen molar-refractivity contribution >= 4 is 52.4 Å². The molecule has 0 aliphatic carbocycles. The Balaban J connectivity index is 2.02. The molecule has 0 radical (unpaired) electrons. The summed E-state index contributed by atoms with van der Waals surface area (Å²) in [5, 5.41) is 22.4. The molecule has 2 aromatic carbocycles. The van der Waals surface area contributed by atoms with E-state index in [0.717, 1.165) is 0 Å². The lowest BCUT2D eigenvalue weighted by molar-refractivity contribution is -0.119. The van der Waals surface area contributed by atoms with Crippen molar-refractivity contribution in [3.8, 4) is 11.5 Å². The third-order valence-electron chi connectivity index (χ3n) is 3.19. The van der Waals surface area contributed by atoms with E-state index in [9.17, 15) is 19.8 Å². The van der Waals surface area contributed by atoms with Gasteiger partial charge in [-0.05, 0) is 30.7 Å². The molecule has 0 heterocycles. The Labute approximate surface area is 157 Å². The molecule has 2 rings (SSSR count). The molecule has 0 spiro atoms. The molecular formula is C16H12Cl3NO5. The lowest BCUT2D eigenvalue weighted by Crippen LogP contribution is -2.21. The number of phenolic OH excluding ortho intramolecular Hbond substituents is 2. The molecule has 2 aromatic rings. The van der Waals surface area contributed by atoms with Crippen LogP contribution in [-0.4, -0.2) is 28.7 Å². The standard InChI is InChI=1S/C16H12Cl3NO5/c1-7-2-3-8(15(23)14(7)22)16(24)25-6-13(21)20-12-5-10(18)9(17)4-11(12)19/h2-5,22-23H,6H2,1H3,(H,20,21). The van der Waals surface area contributed by atoms with Crippen LogP contribution in [0.4, 0.5) is 5.69 Å². The molecule has 0 aliphatic rings. The Bertz CT molecular complexity index is 854. The first-order chi connectivity index (χ1) is 11.7. The molecule has 25 heavy (non-hydrogen) atoms. The number of anilines is 1. The van der Waals surface area contributed by atoms with E-state index in [1.54, 1.807) is 6.92 Å². The van der Waals surface area contributed by atoms with Crippen molar-refractivity contribution in [3.05, 3.63) is 50.5 Å². The molecule has 0 saturated carbocycles. The number of carbonyl (C=O) groups is 2. The number of esters is 1. The van der Waals surface area contributed by atoms with Crippen molar-refractivity contribution in [2.75, 3.05) is 11.9 Å². The van der Waals surface area contributed by atoms with E-state index in [2.05, 4.69) is 5.32 Å². The Morgan fingerprint density at radius 2 is 1.68 bits per heavy atom. The average Bonchev–Trinajstić information content (AvgIpc) is 2.55. The van der Waals surface area contributed by atoms with E-state index in [-0.39, 0.29) is 26.3 Å². The predicted molar refractivity (Wildman–Crippen MR) is 94.9 cm³/mol. The SMILES string of the molecule is Cc1ccc(C(=O)OCC(=O)Nc2cc(Cl)c(Cl)cc2Cl)c(O)c1O. The summed E-state index contributed by atoms with van der Waals surface area (Å²) >= 11 is 17.6. The lowest BCUT2D eigenvalue weighted by atomic mass is 10.1. The van der Waals surface area contributed by atoms with Crippen molar-refractivity contribution in [2.24, 2.45) is 0 Å².